The second-order valence-electron chi connectivity index (χ2n) is 15.2. The Morgan fingerprint density at radius 2 is 1.04 bits per heavy atom. The van der Waals surface area contributed by atoms with Gasteiger partial charge in [0.2, 0.25) is 0 Å². The number of ether oxygens (including phenoxy) is 3. The van der Waals surface area contributed by atoms with Crippen LogP contribution in [-0.4, -0.2) is 75.5 Å². The standard InChI is InChI=1S/C46H79NO7/c1-6-8-10-12-14-16-18-20-21-22-23-25-27-29-31-33-35-37-45(49)54-42(40-52-39-38-43(46(50)51)47(3,4)5)41-53-44(48)36-34-32-30-28-26-24-19-17-15-13-11-9-7-2/h8,10-11,13-14,16-17,19-21,42-43H,6-7,9,12,15,18,22-41H2,1-5H3/b10-8-,13-11-,16-14-,19-17-,21-20-. The van der Waals surface area contributed by atoms with Gasteiger partial charge in [0, 0.05) is 19.3 Å². The number of carbonyl (C=O) groups is 3. The Balaban J connectivity index is 4.40. The Labute approximate surface area is 330 Å². The average Bonchev–Trinajstić information content (AvgIpc) is 3.12. The molecule has 0 saturated heterocycles. The molecule has 8 heteroatoms. The maximum Gasteiger partial charge on any atom is 0.306 e. The number of aliphatic carboxylic acids is 1. The molecule has 0 amide bonds. The second kappa shape index (κ2) is 37.0. The van der Waals surface area contributed by atoms with E-state index in [4.69, 9.17) is 14.2 Å². The van der Waals surface area contributed by atoms with Crippen LogP contribution >= 0.6 is 0 Å². The zero-order chi connectivity index (χ0) is 40.0. The van der Waals surface area contributed by atoms with Crippen molar-refractivity contribution in [1.82, 2.24) is 0 Å². The van der Waals surface area contributed by atoms with Crippen molar-refractivity contribution in [1.29, 1.82) is 0 Å². The molecule has 0 saturated carbocycles. The van der Waals surface area contributed by atoms with Gasteiger partial charge in [-0.05, 0) is 70.6 Å². The number of hydrogen-bond acceptors (Lipinski definition) is 7. The summed E-state index contributed by atoms with van der Waals surface area (Å²) in [6, 6.07) is -0.731. The fourth-order valence-electron chi connectivity index (χ4n) is 5.83. The number of carbonyl (C=O) groups excluding carboxylic acids is 3. The van der Waals surface area contributed by atoms with Crippen molar-refractivity contribution >= 4 is 17.9 Å². The molecule has 0 aliphatic heterocycles. The van der Waals surface area contributed by atoms with E-state index >= 15 is 0 Å². The molecule has 0 aromatic carbocycles. The molecule has 2 atom stereocenters. The molecule has 0 rings (SSSR count). The Morgan fingerprint density at radius 1 is 0.574 bits per heavy atom. The molecule has 54 heavy (non-hydrogen) atoms. The van der Waals surface area contributed by atoms with Crippen molar-refractivity contribution in [3.05, 3.63) is 60.8 Å². The summed E-state index contributed by atoms with van der Waals surface area (Å²) in [4.78, 5) is 36.8. The SMILES string of the molecule is CC/C=C\C/C=C\C/C=C\CCCCCCCCCC(=O)OC(COCCC(C(=O)[O-])[N+](C)(C)C)COC(=O)CCCCCCC/C=C\C/C=C\CCC. The van der Waals surface area contributed by atoms with Crippen LogP contribution < -0.4 is 5.11 Å². The molecule has 0 aromatic rings. The minimum absolute atomic E-state index is 0.0297. The van der Waals surface area contributed by atoms with E-state index in [-0.39, 0.29) is 42.7 Å². The monoisotopic (exact) mass is 758 g/mol. The number of allylic oxidation sites excluding steroid dienone is 10. The maximum atomic E-state index is 12.7. The van der Waals surface area contributed by atoms with E-state index in [1.807, 2.05) is 0 Å². The molecule has 0 heterocycles. The first-order chi connectivity index (χ1) is 26.1. The molecular formula is C46H79NO7. The van der Waals surface area contributed by atoms with Crippen molar-refractivity contribution in [3.63, 3.8) is 0 Å². The number of unbranched alkanes of at least 4 members (excludes halogenated alkanes) is 13. The topological polar surface area (TPSA) is 102 Å². The van der Waals surface area contributed by atoms with Gasteiger partial charge in [-0.2, -0.15) is 0 Å². The van der Waals surface area contributed by atoms with Crippen LogP contribution in [0.5, 0.6) is 0 Å². The predicted molar refractivity (Wildman–Crippen MR) is 222 cm³/mol. The molecule has 0 fully saturated rings. The first-order valence-electron chi connectivity index (χ1n) is 21.3. The number of carboxylic acid groups (broad SMARTS) is 1. The van der Waals surface area contributed by atoms with Crippen molar-refractivity contribution in [3.8, 4) is 0 Å². The summed E-state index contributed by atoms with van der Waals surface area (Å²) in [5.74, 6) is -1.77. The highest BCUT2D eigenvalue weighted by Crippen LogP contribution is 2.13. The van der Waals surface area contributed by atoms with Gasteiger partial charge in [0.1, 0.15) is 12.6 Å². The highest BCUT2D eigenvalue weighted by atomic mass is 16.6. The average molecular weight is 758 g/mol. The number of nitrogens with zero attached hydrogens (tertiary/aromatic N) is 1. The summed E-state index contributed by atoms with van der Waals surface area (Å²) in [6.45, 7) is 4.45. The molecule has 0 aliphatic rings. The van der Waals surface area contributed by atoms with Gasteiger partial charge >= 0.3 is 11.9 Å². The van der Waals surface area contributed by atoms with Crippen molar-refractivity contribution < 1.29 is 38.2 Å². The Morgan fingerprint density at radius 3 is 1.54 bits per heavy atom. The molecular weight excluding hydrogens is 679 g/mol. The van der Waals surface area contributed by atoms with Gasteiger partial charge in [-0.15, -0.1) is 0 Å². The minimum Gasteiger partial charge on any atom is -0.544 e. The molecule has 0 bridgehead atoms. The van der Waals surface area contributed by atoms with Crippen LogP contribution in [0.25, 0.3) is 0 Å². The number of rotatable bonds is 37. The van der Waals surface area contributed by atoms with Crippen LogP contribution in [-0.2, 0) is 28.6 Å². The van der Waals surface area contributed by atoms with E-state index in [1.165, 1.54) is 25.7 Å². The molecule has 0 aromatic heterocycles. The van der Waals surface area contributed by atoms with Gasteiger partial charge in [0.05, 0.1) is 40.3 Å². The smallest absolute Gasteiger partial charge is 0.306 e. The van der Waals surface area contributed by atoms with Gasteiger partial charge in [0.15, 0.2) is 6.10 Å². The Bertz CT molecular complexity index is 1070. The Kier molecular flexibility index (Phi) is 34.9. The molecule has 0 aliphatic carbocycles. The molecule has 310 valence electrons. The third-order valence-corrected chi connectivity index (χ3v) is 9.12. The maximum absolute atomic E-state index is 12.7. The van der Waals surface area contributed by atoms with Crippen LogP contribution in [0.1, 0.15) is 162 Å². The molecule has 0 spiro atoms. The minimum atomic E-state index is -1.13. The fourth-order valence-corrected chi connectivity index (χ4v) is 5.83. The highest BCUT2D eigenvalue weighted by Gasteiger charge is 2.25. The molecule has 0 radical (unpaired) electrons. The third kappa shape index (κ3) is 34.8. The summed E-state index contributed by atoms with van der Waals surface area (Å²) < 4.78 is 17.1. The van der Waals surface area contributed by atoms with Crippen LogP contribution in [0, 0.1) is 0 Å². The zero-order valence-corrected chi connectivity index (χ0v) is 35.1. The number of hydrogen-bond donors (Lipinski definition) is 0. The lowest BCUT2D eigenvalue weighted by atomic mass is 10.1. The van der Waals surface area contributed by atoms with E-state index in [1.54, 1.807) is 21.1 Å². The first kappa shape index (κ1) is 51.0. The summed E-state index contributed by atoms with van der Waals surface area (Å²) in [5.41, 5.74) is 0. The van der Waals surface area contributed by atoms with Gasteiger partial charge < -0.3 is 28.6 Å². The lowest BCUT2D eigenvalue weighted by Crippen LogP contribution is -2.55. The van der Waals surface area contributed by atoms with Crippen LogP contribution in [0.4, 0.5) is 0 Å². The van der Waals surface area contributed by atoms with E-state index in [0.717, 1.165) is 103 Å². The number of esters is 2. The molecule has 0 N–H and O–H groups in total. The summed E-state index contributed by atoms with van der Waals surface area (Å²) in [6.07, 6.45) is 43.8. The van der Waals surface area contributed by atoms with Gasteiger partial charge in [-0.3, -0.25) is 9.59 Å². The fraction of sp³-hybridized carbons (Fsp3) is 0.717. The molecule has 8 nitrogen and oxygen atoms in total. The van der Waals surface area contributed by atoms with Crippen molar-refractivity contribution in [2.75, 3.05) is 41.0 Å². The van der Waals surface area contributed by atoms with Gasteiger partial charge in [-0.25, -0.2) is 0 Å². The van der Waals surface area contributed by atoms with Crippen molar-refractivity contribution in [2.24, 2.45) is 0 Å². The van der Waals surface area contributed by atoms with E-state index in [9.17, 15) is 19.5 Å². The largest absolute Gasteiger partial charge is 0.544 e. The summed E-state index contributed by atoms with van der Waals surface area (Å²) in [7, 11) is 5.39. The van der Waals surface area contributed by atoms with Crippen molar-refractivity contribution in [2.45, 2.75) is 174 Å². The van der Waals surface area contributed by atoms with E-state index in [0.29, 0.717) is 12.8 Å². The normalized spacial score (nSPS) is 13.6. The highest BCUT2D eigenvalue weighted by molar-refractivity contribution is 5.70. The Hall–Kier alpha value is -2.97. The van der Waals surface area contributed by atoms with E-state index < -0.39 is 18.1 Å². The first-order valence-corrected chi connectivity index (χ1v) is 21.3. The lowest BCUT2D eigenvalue weighted by molar-refractivity contribution is -0.889. The number of likely N-dealkylation sites (N-methyl/N-ethyl adjacent to an activating group) is 1. The third-order valence-electron chi connectivity index (χ3n) is 9.12. The summed E-state index contributed by atoms with van der Waals surface area (Å²) >= 11 is 0. The number of quaternary nitrogens is 1. The predicted octanol–water partition coefficient (Wildman–Crippen LogP) is 10.1. The quantitative estimate of drug-likeness (QED) is 0.0269. The van der Waals surface area contributed by atoms with Gasteiger partial charge in [-0.1, -0.05) is 132 Å². The number of carboxylic acids is 1. The van der Waals surface area contributed by atoms with Crippen LogP contribution in [0.2, 0.25) is 0 Å². The lowest BCUT2D eigenvalue weighted by Gasteiger charge is -2.34. The zero-order valence-electron chi connectivity index (χ0n) is 35.1. The van der Waals surface area contributed by atoms with E-state index in [2.05, 4.69) is 74.6 Å². The second-order valence-corrected chi connectivity index (χ2v) is 15.2. The molecule has 2 unspecified atom stereocenters. The van der Waals surface area contributed by atoms with Crippen LogP contribution in [0.3, 0.4) is 0 Å². The van der Waals surface area contributed by atoms with Crippen LogP contribution in [0.15, 0.2) is 60.8 Å². The van der Waals surface area contributed by atoms with Gasteiger partial charge in [0.25, 0.3) is 0 Å². The summed E-state index contributed by atoms with van der Waals surface area (Å²) in [5, 5.41) is 11.6.